The highest BCUT2D eigenvalue weighted by Gasteiger charge is 2.31. The molecule has 0 fully saturated rings. The highest BCUT2D eigenvalue weighted by molar-refractivity contribution is 5.54. The number of nitrogens with two attached hydrogens (primary N) is 1. The molecule has 0 aliphatic carbocycles. The summed E-state index contributed by atoms with van der Waals surface area (Å²) < 4.78 is 43.2. The summed E-state index contributed by atoms with van der Waals surface area (Å²) in [7, 11) is 0. The maximum atomic E-state index is 12.6. The van der Waals surface area contributed by atoms with Gasteiger partial charge in [-0.2, -0.15) is 13.2 Å². The zero-order valence-corrected chi connectivity index (χ0v) is 11.0. The minimum absolute atomic E-state index is 0.119. The Hall–Kier alpha value is -2.24. The predicted molar refractivity (Wildman–Crippen MR) is 69.6 cm³/mol. The predicted octanol–water partition coefficient (Wildman–Crippen LogP) is 4.09. The summed E-state index contributed by atoms with van der Waals surface area (Å²) in [4.78, 5) is 3.78. The number of aryl methyl sites for hydroxylation is 2. The molecule has 2 N–H and O–H groups in total. The number of halogens is 3. The quantitative estimate of drug-likeness (QED) is 0.844. The van der Waals surface area contributed by atoms with E-state index in [9.17, 15) is 13.2 Å². The van der Waals surface area contributed by atoms with Gasteiger partial charge in [0, 0.05) is 24.0 Å². The van der Waals surface area contributed by atoms with Crippen LogP contribution in [0.1, 0.15) is 16.7 Å². The van der Waals surface area contributed by atoms with E-state index in [1.54, 1.807) is 19.1 Å². The van der Waals surface area contributed by atoms with Gasteiger partial charge in [-0.15, -0.1) is 0 Å². The highest BCUT2D eigenvalue weighted by atomic mass is 19.4. The molecule has 0 amide bonds. The SMILES string of the molecule is Cc1cc(C)c(Oc2cc(C(F)(F)F)ccn2)cc1N. The summed E-state index contributed by atoms with van der Waals surface area (Å²) in [6.45, 7) is 3.63. The van der Waals surface area contributed by atoms with Gasteiger partial charge in [-0.25, -0.2) is 4.98 Å². The van der Waals surface area contributed by atoms with E-state index < -0.39 is 11.7 Å². The molecule has 2 aromatic rings. The Labute approximate surface area is 114 Å². The van der Waals surface area contributed by atoms with Crippen molar-refractivity contribution in [2.75, 3.05) is 5.73 Å². The topological polar surface area (TPSA) is 48.1 Å². The van der Waals surface area contributed by atoms with Crippen LogP contribution in [-0.2, 0) is 6.18 Å². The van der Waals surface area contributed by atoms with Gasteiger partial charge in [-0.3, -0.25) is 0 Å². The first-order chi connectivity index (χ1) is 9.27. The van der Waals surface area contributed by atoms with Crippen LogP contribution in [0.25, 0.3) is 0 Å². The first-order valence-corrected chi connectivity index (χ1v) is 5.85. The van der Waals surface area contributed by atoms with E-state index in [1.165, 1.54) is 0 Å². The molecule has 0 unspecified atom stereocenters. The minimum Gasteiger partial charge on any atom is -0.439 e. The normalized spacial score (nSPS) is 11.4. The summed E-state index contributed by atoms with van der Waals surface area (Å²) >= 11 is 0. The van der Waals surface area contributed by atoms with E-state index in [0.29, 0.717) is 11.4 Å². The molecule has 6 heteroatoms. The summed E-state index contributed by atoms with van der Waals surface area (Å²) in [5.74, 6) is 0.270. The van der Waals surface area contributed by atoms with E-state index >= 15 is 0 Å². The molecule has 1 heterocycles. The van der Waals surface area contributed by atoms with E-state index in [4.69, 9.17) is 10.5 Å². The largest absolute Gasteiger partial charge is 0.439 e. The van der Waals surface area contributed by atoms with Crippen molar-refractivity contribution in [1.82, 2.24) is 4.98 Å². The molecule has 3 nitrogen and oxygen atoms in total. The van der Waals surface area contributed by atoms with Crippen LogP contribution in [0.5, 0.6) is 11.6 Å². The lowest BCUT2D eigenvalue weighted by atomic mass is 10.1. The molecule has 0 bridgehead atoms. The van der Waals surface area contributed by atoms with Gasteiger partial charge in [0.15, 0.2) is 0 Å². The van der Waals surface area contributed by atoms with Crippen LogP contribution in [0.4, 0.5) is 18.9 Å². The fourth-order valence-corrected chi connectivity index (χ4v) is 1.71. The van der Waals surface area contributed by atoms with Crippen molar-refractivity contribution >= 4 is 5.69 Å². The first-order valence-electron chi connectivity index (χ1n) is 5.85. The number of nitrogen functional groups attached to an aromatic ring is 1. The van der Waals surface area contributed by atoms with E-state index in [1.807, 2.05) is 6.92 Å². The molecule has 0 saturated carbocycles. The van der Waals surface area contributed by atoms with Crippen LogP contribution in [-0.4, -0.2) is 4.98 Å². The van der Waals surface area contributed by atoms with Crippen molar-refractivity contribution in [3.05, 3.63) is 47.2 Å². The zero-order chi connectivity index (χ0) is 14.9. The molecule has 0 saturated heterocycles. The molecule has 106 valence electrons. The molecule has 0 aliphatic rings. The number of benzene rings is 1. The molecule has 20 heavy (non-hydrogen) atoms. The van der Waals surface area contributed by atoms with Crippen LogP contribution in [0, 0.1) is 13.8 Å². The van der Waals surface area contributed by atoms with Crippen LogP contribution in [0.15, 0.2) is 30.5 Å². The number of hydrogen-bond donors (Lipinski definition) is 1. The number of rotatable bonds is 2. The fourth-order valence-electron chi connectivity index (χ4n) is 1.71. The lowest BCUT2D eigenvalue weighted by Crippen LogP contribution is -2.05. The molecular formula is C14H13F3N2O. The Bertz CT molecular complexity index is 639. The second-order valence-electron chi connectivity index (χ2n) is 4.46. The maximum absolute atomic E-state index is 12.6. The third-order valence-electron chi connectivity index (χ3n) is 2.84. The molecule has 0 spiro atoms. The Morgan fingerprint density at radius 1 is 1.10 bits per heavy atom. The Morgan fingerprint density at radius 2 is 1.80 bits per heavy atom. The number of ether oxygens (including phenoxy) is 1. The van der Waals surface area contributed by atoms with Gasteiger partial charge in [0.25, 0.3) is 0 Å². The summed E-state index contributed by atoms with van der Waals surface area (Å²) in [5, 5.41) is 0. The van der Waals surface area contributed by atoms with Gasteiger partial charge in [-0.05, 0) is 31.0 Å². The third-order valence-corrected chi connectivity index (χ3v) is 2.84. The fraction of sp³-hybridized carbons (Fsp3) is 0.214. The number of aromatic nitrogens is 1. The van der Waals surface area contributed by atoms with Crippen LogP contribution in [0.2, 0.25) is 0 Å². The number of pyridine rings is 1. The summed E-state index contributed by atoms with van der Waals surface area (Å²) in [6, 6.07) is 5.13. The van der Waals surface area contributed by atoms with Gasteiger partial charge in [0.1, 0.15) is 5.75 Å². The van der Waals surface area contributed by atoms with Gasteiger partial charge in [0.05, 0.1) is 5.56 Å². The highest BCUT2D eigenvalue weighted by Crippen LogP contribution is 2.33. The van der Waals surface area contributed by atoms with Gasteiger partial charge in [0.2, 0.25) is 5.88 Å². The van der Waals surface area contributed by atoms with Crippen molar-refractivity contribution in [2.24, 2.45) is 0 Å². The molecule has 0 aliphatic heterocycles. The number of nitrogens with zero attached hydrogens (tertiary/aromatic N) is 1. The van der Waals surface area contributed by atoms with Crippen molar-refractivity contribution < 1.29 is 17.9 Å². The van der Waals surface area contributed by atoms with E-state index in [-0.39, 0.29) is 5.88 Å². The first kappa shape index (κ1) is 14.2. The van der Waals surface area contributed by atoms with Crippen LogP contribution >= 0.6 is 0 Å². The van der Waals surface area contributed by atoms with Gasteiger partial charge in [-0.1, -0.05) is 6.07 Å². The zero-order valence-electron chi connectivity index (χ0n) is 11.0. The van der Waals surface area contributed by atoms with Crippen molar-refractivity contribution in [2.45, 2.75) is 20.0 Å². The van der Waals surface area contributed by atoms with Crippen molar-refractivity contribution in [3.63, 3.8) is 0 Å². The van der Waals surface area contributed by atoms with E-state index in [0.717, 1.165) is 29.5 Å². The van der Waals surface area contributed by atoms with Crippen LogP contribution in [0.3, 0.4) is 0 Å². The number of hydrogen-bond acceptors (Lipinski definition) is 3. The maximum Gasteiger partial charge on any atom is 0.416 e. The molecule has 0 atom stereocenters. The average molecular weight is 282 g/mol. The molecule has 2 rings (SSSR count). The van der Waals surface area contributed by atoms with Crippen molar-refractivity contribution in [3.8, 4) is 11.6 Å². The van der Waals surface area contributed by atoms with Crippen molar-refractivity contribution in [1.29, 1.82) is 0 Å². The Kier molecular flexibility index (Phi) is 3.57. The average Bonchev–Trinajstić information content (AvgIpc) is 2.35. The Morgan fingerprint density at radius 3 is 2.45 bits per heavy atom. The minimum atomic E-state index is -4.43. The van der Waals surface area contributed by atoms with Gasteiger partial charge >= 0.3 is 6.18 Å². The molecular weight excluding hydrogens is 269 g/mol. The molecule has 1 aromatic carbocycles. The molecule has 0 radical (unpaired) electrons. The standard InChI is InChI=1S/C14H13F3N2O/c1-8-5-9(2)12(7-11(8)18)20-13-6-10(3-4-19-13)14(15,16)17/h3-7H,18H2,1-2H3. The smallest absolute Gasteiger partial charge is 0.416 e. The van der Waals surface area contributed by atoms with Gasteiger partial charge < -0.3 is 10.5 Å². The summed E-state index contributed by atoms with van der Waals surface area (Å²) in [5.41, 5.74) is 7.12. The second kappa shape index (κ2) is 5.03. The third kappa shape index (κ3) is 3.01. The Balaban J connectivity index is 2.33. The summed E-state index contributed by atoms with van der Waals surface area (Å²) in [6.07, 6.45) is -3.37. The lowest BCUT2D eigenvalue weighted by Gasteiger charge is -2.12. The number of anilines is 1. The molecule has 1 aromatic heterocycles. The lowest BCUT2D eigenvalue weighted by molar-refractivity contribution is -0.137. The van der Waals surface area contributed by atoms with E-state index in [2.05, 4.69) is 4.98 Å². The second-order valence-corrected chi connectivity index (χ2v) is 4.46. The number of alkyl halides is 3. The monoisotopic (exact) mass is 282 g/mol. The van der Waals surface area contributed by atoms with Crippen LogP contribution < -0.4 is 10.5 Å².